The van der Waals surface area contributed by atoms with Gasteiger partial charge >= 0.3 is 0 Å². The topological polar surface area (TPSA) is 38.7 Å². The molecule has 0 radical (unpaired) electrons. The van der Waals surface area contributed by atoms with Crippen LogP contribution in [0.4, 0.5) is 0 Å². The maximum Gasteiger partial charge on any atom is 0.164 e. The number of rotatable bonds is 5. The molecule has 0 bridgehead atoms. The van der Waals surface area contributed by atoms with Crippen LogP contribution in [0.5, 0.6) is 0 Å². The highest BCUT2D eigenvalue weighted by Crippen LogP contribution is 2.58. The first-order valence-corrected chi connectivity index (χ1v) is 18.0. The van der Waals surface area contributed by atoms with Crippen LogP contribution >= 0.6 is 0 Å². The van der Waals surface area contributed by atoms with Crippen LogP contribution < -0.4 is 0 Å². The Labute approximate surface area is 304 Å². The molecule has 0 spiro atoms. The lowest BCUT2D eigenvalue weighted by Gasteiger charge is -2.34. The monoisotopic (exact) mass is 665 g/mol. The van der Waals surface area contributed by atoms with Crippen LogP contribution in [-0.4, -0.2) is 15.0 Å². The van der Waals surface area contributed by atoms with Crippen molar-refractivity contribution < 1.29 is 0 Å². The Kier molecular flexibility index (Phi) is 6.74. The van der Waals surface area contributed by atoms with Crippen LogP contribution in [0.15, 0.2) is 176 Å². The fourth-order valence-corrected chi connectivity index (χ4v) is 8.87. The Bertz CT molecular complexity index is 2540. The second kappa shape index (κ2) is 11.5. The Balaban J connectivity index is 1.25. The molecular formula is C49H35N3. The van der Waals surface area contributed by atoms with Gasteiger partial charge in [0.15, 0.2) is 17.5 Å². The van der Waals surface area contributed by atoms with Gasteiger partial charge in [-0.1, -0.05) is 184 Å². The molecule has 3 heteroatoms. The predicted molar refractivity (Wildman–Crippen MR) is 211 cm³/mol. The van der Waals surface area contributed by atoms with Crippen molar-refractivity contribution in [2.45, 2.75) is 24.7 Å². The lowest BCUT2D eigenvalue weighted by molar-refractivity contribution is 0.659. The minimum Gasteiger partial charge on any atom is -0.208 e. The van der Waals surface area contributed by atoms with Crippen molar-refractivity contribution in [2.24, 2.45) is 0 Å². The summed E-state index contributed by atoms with van der Waals surface area (Å²) in [5.41, 5.74) is 14.9. The molecule has 0 unspecified atom stereocenters. The third-order valence-corrected chi connectivity index (χ3v) is 11.2. The van der Waals surface area contributed by atoms with Gasteiger partial charge in [0.2, 0.25) is 0 Å². The van der Waals surface area contributed by atoms with Gasteiger partial charge in [0.1, 0.15) is 0 Å². The van der Waals surface area contributed by atoms with E-state index in [1.165, 1.54) is 55.6 Å². The minimum atomic E-state index is -0.487. The molecule has 3 nitrogen and oxygen atoms in total. The molecule has 1 heterocycles. The second-order valence-corrected chi connectivity index (χ2v) is 14.4. The molecule has 7 aromatic carbocycles. The minimum absolute atomic E-state index is 0.220. The predicted octanol–water partition coefficient (Wildman–Crippen LogP) is 11.5. The zero-order valence-corrected chi connectivity index (χ0v) is 29.1. The Morgan fingerprint density at radius 2 is 0.827 bits per heavy atom. The van der Waals surface area contributed by atoms with Gasteiger partial charge in [0.25, 0.3) is 0 Å². The highest BCUT2D eigenvalue weighted by molar-refractivity contribution is 5.93. The zero-order chi connectivity index (χ0) is 34.9. The molecule has 0 N–H and O–H groups in total. The number of aromatic nitrogens is 3. The summed E-state index contributed by atoms with van der Waals surface area (Å²) in [5, 5.41) is 0. The molecule has 0 saturated heterocycles. The van der Waals surface area contributed by atoms with Gasteiger partial charge in [0.05, 0.1) is 5.41 Å². The van der Waals surface area contributed by atoms with E-state index in [9.17, 15) is 0 Å². The van der Waals surface area contributed by atoms with E-state index in [0.29, 0.717) is 17.5 Å². The Hall–Kier alpha value is -6.45. The van der Waals surface area contributed by atoms with Crippen molar-refractivity contribution >= 4 is 0 Å². The van der Waals surface area contributed by atoms with E-state index in [2.05, 4.69) is 153 Å². The number of nitrogens with zero attached hydrogens (tertiary/aromatic N) is 3. The van der Waals surface area contributed by atoms with E-state index >= 15 is 0 Å². The van der Waals surface area contributed by atoms with E-state index in [0.717, 1.165) is 16.7 Å². The molecule has 0 aliphatic heterocycles. The molecule has 2 aliphatic carbocycles. The van der Waals surface area contributed by atoms with E-state index < -0.39 is 5.41 Å². The highest BCUT2D eigenvalue weighted by atomic mass is 15.0. The fourth-order valence-electron chi connectivity index (χ4n) is 8.87. The molecule has 8 aromatic rings. The zero-order valence-electron chi connectivity index (χ0n) is 29.1. The Morgan fingerprint density at radius 3 is 1.42 bits per heavy atom. The summed E-state index contributed by atoms with van der Waals surface area (Å²) < 4.78 is 0. The van der Waals surface area contributed by atoms with Crippen LogP contribution in [0.3, 0.4) is 0 Å². The molecule has 0 amide bonds. The van der Waals surface area contributed by atoms with Crippen molar-refractivity contribution in [3.05, 3.63) is 209 Å². The molecule has 2 aliphatic rings. The van der Waals surface area contributed by atoms with Gasteiger partial charge in [-0.05, 0) is 61.7 Å². The largest absolute Gasteiger partial charge is 0.208 e. The summed E-state index contributed by atoms with van der Waals surface area (Å²) in [6.45, 7) is 4.68. The van der Waals surface area contributed by atoms with Crippen molar-refractivity contribution in [3.8, 4) is 56.4 Å². The quantitative estimate of drug-likeness (QED) is 0.184. The molecule has 0 saturated carbocycles. The van der Waals surface area contributed by atoms with Crippen LogP contribution in [0.2, 0.25) is 0 Å². The number of hydrogen-bond acceptors (Lipinski definition) is 3. The van der Waals surface area contributed by atoms with Gasteiger partial charge in [-0.25, -0.2) is 15.0 Å². The molecule has 0 fully saturated rings. The Morgan fingerprint density at radius 1 is 0.346 bits per heavy atom. The second-order valence-electron chi connectivity index (χ2n) is 14.4. The van der Waals surface area contributed by atoms with Gasteiger partial charge in [-0.3, -0.25) is 0 Å². The van der Waals surface area contributed by atoms with Crippen molar-refractivity contribution in [1.82, 2.24) is 15.0 Å². The van der Waals surface area contributed by atoms with Gasteiger partial charge in [0, 0.05) is 22.1 Å². The maximum atomic E-state index is 5.20. The number of benzene rings is 7. The first kappa shape index (κ1) is 30.4. The van der Waals surface area contributed by atoms with E-state index in [1.54, 1.807) is 0 Å². The van der Waals surface area contributed by atoms with Crippen LogP contribution in [0.25, 0.3) is 56.4 Å². The summed E-state index contributed by atoms with van der Waals surface area (Å²) in [4.78, 5) is 15.4. The summed E-state index contributed by atoms with van der Waals surface area (Å²) in [5.74, 6) is 2.00. The lowest BCUT2D eigenvalue weighted by Crippen LogP contribution is -2.28. The maximum absolute atomic E-state index is 5.20. The molecular weight excluding hydrogens is 631 g/mol. The highest BCUT2D eigenvalue weighted by Gasteiger charge is 2.47. The number of hydrogen-bond donors (Lipinski definition) is 0. The first-order chi connectivity index (χ1) is 25.5. The van der Waals surface area contributed by atoms with Crippen molar-refractivity contribution in [3.63, 3.8) is 0 Å². The van der Waals surface area contributed by atoms with Gasteiger partial charge in [-0.2, -0.15) is 0 Å². The normalized spacial score (nSPS) is 14.3. The van der Waals surface area contributed by atoms with Crippen molar-refractivity contribution in [1.29, 1.82) is 0 Å². The molecule has 1 aromatic heterocycles. The summed E-state index contributed by atoms with van der Waals surface area (Å²) in [6.07, 6.45) is 0. The molecule has 52 heavy (non-hydrogen) atoms. The van der Waals surface area contributed by atoms with Gasteiger partial charge < -0.3 is 0 Å². The average molecular weight is 666 g/mol. The van der Waals surface area contributed by atoms with E-state index in [1.807, 2.05) is 36.4 Å². The summed E-state index contributed by atoms with van der Waals surface area (Å²) >= 11 is 0. The average Bonchev–Trinajstić information content (AvgIpc) is 3.64. The van der Waals surface area contributed by atoms with Gasteiger partial charge in [-0.15, -0.1) is 0 Å². The first-order valence-electron chi connectivity index (χ1n) is 18.0. The summed E-state index contributed by atoms with van der Waals surface area (Å²) in [6, 6.07) is 63.2. The third-order valence-electron chi connectivity index (χ3n) is 11.2. The standard InChI is InChI=1S/C49H35N3/c1-48(2)40-30-29-35(49(34-21-10-5-11-22-34)41-26-14-12-23-36(41)37-24-13-15-27-42(37)49)31-39(40)44-38(25-16-28-43(44)48)47-51-45(32-17-6-3-7-18-32)50-46(52-47)33-19-8-4-9-20-33/h3-31H,1-2H3. The lowest BCUT2D eigenvalue weighted by atomic mass is 9.67. The van der Waals surface area contributed by atoms with Crippen LogP contribution in [-0.2, 0) is 10.8 Å². The SMILES string of the molecule is CC1(C)c2ccc(C3(c4ccccc4)c4ccccc4-c4ccccc43)cc2-c2c(-c3nc(-c4ccccc4)nc(-c4ccccc4)n3)cccc21. The molecule has 10 rings (SSSR count). The van der Waals surface area contributed by atoms with E-state index in [4.69, 9.17) is 15.0 Å². The third kappa shape index (κ3) is 4.36. The smallest absolute Gasteiger partial charge is 0.164 e. The number of fused-ring (bicyclic) bond motifs is 6. The van der Waals surface area contributed by atoms with E-state index in [-0.39, 0.29) is 5.41 Å². The molecule has 246 valence electrons. The summed E-state index contributed by atoms with van der Waals surface area (Å²) in [7, 11) is 0. The van der Waals surface area contributed by atoms with Crippen LogP contribution in [0, 0.1) is 0 Å². The van der Waals surface area contributed by atoms with Crippen molar-refractivity contribution in [2.75, 3.05) is 0 Å². The fraction of sp³-hybridized carbons (Fsp3) is 0.0816. The van der Waals surface area contributed by atoms with Crippen LogP contribution in [0.1, 0.15) is 47.2 Å². The molecule has 0 atom stereocenters.